The number of aliphatic imine (C=N–C) groups is 1. The third-order valence-electron chi connectivity index (χ3n) is 6.51. The summed E-state index contributed by atoms with van der Waals surface area (Å²) in [6, 6.07) is 9.84. The summed E-state index contributed by atoms with van der Waals surface area (Å²) >= 11 is 3.46. The summed E-state index contributed by atoms with van der Waals surface area (Å²) in [4.78, 5) is 20.1. The first-order valence-electron chi connectivity index (χ1n) is 12.4. The fourth-order valence-corrected chi connectivity index (χ4v) is 5.31. The first kappa shape index (κ1) is 25.2. The Labute approximate surface area is 228 Å². The molecule has 0 aliphatic carbocycles. The van der Waals surface area contributed by atoms with Gasteiger partial charge in [-0.3, -0.25) is 4.98 Å². The van der Waals surface area contributed by atoms with Crippen molar-refractivity contribution in [3.63, 3.8) is 0 Å². The van der Waals surface area contributed by atoms with Gasteiger partial charge in [0.05, 0.1) is 17.2 Å². The van der Waals surface area contributed by atoms with Gasteiger partial charge in [0.25, 0.3) is 0 Å². The molecule has 5 heterocycles. The first-order valence-corrected chi connectivity index (χ1v) is 13.2. The lowest BCUT2D eigenvalue weighted by atomic mass is 10.1. The largest absolute Gasteiger partial charge is 0.491 e. The summed E-state index contributed by atoms with van der Waals surface area (Å²) in [5.74, 6) is 1.20. The molecule has 0 saturated carbocycles. The molecule has 0 amide bonds. The Morgan fingerprint density at radius 3 is 2.79 bits per heavy atom. The standard InChI is InChI=1S/C27H29BrN6O4/c1-15-31-24(30-14-33(4)5)19-8-9-34(25(19)32-15)26-23-22(37-27(2,3)38-23)21(36-26)13-35-18-7-6-16-10-17(28)12-29-20(16)11-18/h6-12,14,21-23,26H,13H2,1-5H3/t21-,22-,23-,26-/m1/s1. The third-order valence-corrected chi connectivity index (χ3v) is 6.94. The normalized spacial score (nSPS) is 24.5. The maximum atomic E-state index is 6.54. The molecule has 3 aromatic heterocycles. The van der Waals surface area contributed by atoms with E-state index in [1.807, 2.05) is 80.9 Å². The van der Waals surface area contributed by atoms with Crippen LogP contribution in [0.1, 0.15) is 25.9 Å². The molecular formula is C27H29BrN6O4. The fourth-order valence-electron chi connectivity index (χ4n) is 4.96. The molecule has 4 aromatic rings. The Morgan fingerprint density at radius 1 is 1.16 bits per heavy atom. The summed E-state index contributed by atoms with van der Waals surface area (Å²) in [6.07, 6.45) is 3.99. The van der Waals surface area contributed by atoms with Crippen molar-refractivity contribution >= 4 is 50.0 Å². The van der Waals surface area contributed by atoms with Crippen LogP contribution in [0.5, 0.6) is 5.75 Å². The van der Waals surface area contributed by atoms with Crippen molar-refractivity contribution in [3.8, 4) is 5.75 Å². The van der Waals surface area contributed by atoms with E-state index in [2.05, 4.69) is 30.9 Å². The van der Waals surface area contributed by atoms with E-state index in [-0.39, 0.29) is 18.3 Å². The van der Waals surface area contributed by atoms with E-state index in [0.717, 1.165) is 26.4 Å². The monoisotopic (exact) mass is 580 g/mol. The van der Waals surface area contributed by atoms with Crippen molar-refractivity contribution in [2.45, 2.75) is 51.1 Å². The van der Waals surface area contributed by atoms with Crippen molar-refractivity contribution in [1.29, 1.82) is 0 Å². The molecule has 11 heteroatoms. The van der Waals surface area contributed by atoms with Crippen LogP contribution < -0.4 is 4.74 Å². The molecule has 10 nitrogen and oxygen atoms in total. The molecule has 0 unspecified atom stereocenters. The highest BCUT2D eigenvalue weighted by Crippen LogP contribution is 2.44. The van der Waals surface area contributed by atoms with Crippen LogP contribution in [0.25, 0.3) is 21.9 Å². The summed E-state index contributed by atoms with van der Waals surface area (Å²) in [5.41, 5.74) is 1.59. The van der Waals surface area contributed by atoms with Crippen LogP contribution in [0, 0.1) is 6.92 Å². The van der Waals surface area contributed by atoms with Gasteiger partial charge in [-0.1, -0.05) is 0 Å². The lowest BCUT2D eigenvalue weighted by molar-refractivity contribution is -0.198. The van der Waals surface area contributed by atoms with Gasteiger partial charge in [-0.25, -0.2) is 15.0 Å². The highest BCUT2D eigenvalue weighted by atomic mass is 79.9. The highest BCUT2D eigenvalue weighted by molar-refractivity contribution is 9.10. The molecule has 1 aromatic carbocycles. The fraction of sp³-hybridized carbons (Fsp3) is 0.407. The minimum Gasteiger partial charge on any atom is -0.491 e. The Morgan fingerprint density at radius 2 is 1.97 bits per heavy atom. The zero-order valence-electron chi connectivity index (χ0n) is 21.8. The van der Waals surface area contributed by atoms with E-state index in [1.54, 1.807) is 12.5 Å². The molecule has 0 radical (unpaired) electrons. The average Bonchev–Trinajstić information content (AvgIpc) is 3.51. The van der Waals surface area contributed by atoms with Gasteiger partial charge >= 0.3 is 0 Å². The van der Waals surface area contributed by atoms with E-state index >= 15 is 0 Å². The SMILES string of the molecule is Cc1nc(N=CN(C)C)c2ccn([C@@H]3O[C@H](COc4ccc5cc(Br)cnc5c4)[C@H]4OC(C)(C)O[C@H]43)c2n1. The minimum atomic E-state index is -0.745. The van der Waals surface area contributed by atoms with Gasteiger partial charge in [-0.15, -0.1) is 0 Å². The molecule has 0 bridgehead atoms. The number of nitrogens with zero attached hydrogens (tertiary/aromatic N) is 6. The van der Waals surface area contributed by atoms with Crippen molar-refractivity contribution in [3.05, 3.63) is 53.0 Å². The third kappa shape index (κ3) is 4.75. The van der Waals surface area contributed by atoms with Crippen LogP contribution in [0.3, 0.4) is 0 Å². The van der Waals surface area contributed by atoms with Crippen LogP contribution in [-0.2, 0) is 14.2 Å². The molecule has 0 N–H and O–H groups in total. The number of halogens is 1. The number of fused-ring (bicyclic) bond motifs is 3. The minimum absolute atomic E-state index is 0.296. The van der Waals surface area contributed by atoms with Crippen molar-refractivity contribution in [1.82, 2.24) is 24.4 Å². The summed E-state index contributed by atoms with van der Waals surface area (Å²) in [7, 11) is 3.84. The second kappa shape index (κ2) is 9.57. The second-order valence-electron chi connectivity index (χ2n) is 10.2. The number of rotatable bonds is 6. The number of hydrogen-bond donors (Lipinski definition) is 0. The summed E-state index contributed by atoms with van der Waals surface area (Å²) in [5, 5.41) is 1.87. The number of hydrogen-bond acceptors (Lipinski definition) is 8. The van der Waals surface area contributed by atoms with Crippen LogP contribution in [0.15, 0.2) is 52.2 Å². The smallest absolute Gasteiger partial charge is 0.166 e. The quantitative estimate of drug-likeness (QED) is 0.238. The number of ether oxygens (including phenoxy) is 4. The molecule has 2 aliphatic rings. The lowest BCUT2D eigenvalue weighted by Gasteiger charge is -2.25. The zero-order valence-corrected chi connectivity index (χ0v) is 23.4. The van der Waals surface area contributed by atoms with E-state index in [1.165, 1.54) is 0 Å². The average molecular weight is 581 g/mol. The van der Waals surface area contributed by atoms with Crippen molar-refractivity contribution in [2.24, 2.45) is 4.99 Å². The lowest BCUT2D eigenvalue weighted by Crippen LogP contribution is -2.33. The van der Waals surface area contributed by atoms with Gasteiger partial charge in [-0.2, -0.15) is 0 Å². The molecule has 6 rings (SSSR count). The first-order chi connectivity index (χ1) is 18.2. The van der Waals surface area contributed by atoms with Gasteiger partial charge in [0.15, 0.2) is 17.8 Å². The molecule has 0 spiro atoms. The molecule has 2 saturated heterocycles. The molecule has 2 fully saturated rings. The summed E-state index contributed by atoms with van der Waals surface area (Å²) in [6.45, 7) is 5.99. The molecule has 38 heavy (non-hydrogen) atoms. The van der Waals surface area contributed by atoms with E-state index in [4.69, 9.17) is 23.9 Å². The Bertz CT molecular complexity index is 1540. The van der Waals surface area contributed by atoms with Crippen LogP contribution in [0.4, 0.5) is 5.82 Å². The van der Waals surface area contributed by atoms with E-state index in [9.17, 15) is 0 Å². The van der Waals surface area contributed by atoms with Gasteiger partial charge in [0, 0.05) is 42.4 Å². The van der Waals surface area contributed by atoms with Gasteiger partial charge in [0.2, 0.25) is 0 Å². The van der Waals surface area contributed by atoms with Gasteiger partial charge in [0.1, 0.15) is 42.1 Å². The molecule has 198 valence electrons. The van der Waals surface area contributed by atoms with E-state index in [0.29, 0.717) is 24.0 Å². The Kier molecular flexibility index (Phi) is 6.34. The maximum Gasteiger partial charge on any atom is 0.166 e. The highest BCUT2D eigenvalue weighted by Gasteiger charge is 2.56. The molecule has 2 aliphatic heterocycles. The molecule has 4 atom stereocenters. The molecular weight excluding hydrogens is 552 g/mol. The maximum absolute atomic E-state index is 6.54. The number of benzene rings is 1. The van der Waals surface area contributed by atoms with Crippen molar-refractivity contribution < 1.29 is 18.9 Å². The van der Waals surface area contributed by atoms with E-state index < -0.39 is 12.0 Å². The Hall–Kier alpha value is -3.12. The zero-order chi connectivity index (χ0) is 26.6. The van der Waals surface area contributed by atoms with Gasteiger partial charge in [-0.05, 0) is 61.0 Å². The Balaban J connectivity index is 1.28. The predicted octanol–water partition coefficient (Wildman–Crippen LogP) is 4.77. The number of aryl methyl sites for hydroxylation is 1. The van der Waals surface area contributed by atoms with Gasteiger partial charge < -0.3 is 28.4 Å². The van der Waals surface area contributed by atoms with Crippen LogP contribution in [0.2, 0.25) is 0 Å². The van der Waals surface area contributed by atoms with Crippen LogP contribution in [-0.4, -0.2) is 75.6 Å². The second-order valence-corrected chi connectivity index (χ2v) is 11.1. The topological polar surface area (TPSA) is 96.1 Å². The number of aromatic nitrogens is 4. The predicted molar refractivity (Wildman–Crippen MR) is 147 cm³/mol. The number of pyridine rings is 1. The van der Waals surface area contributed by atoms with Crippen LogP contribution >= 0.6 is 15.9 Å². The van der Waals surface area contributed by atoms with Crippen molar-refractivity contribution in [2.75, 3.05) is 20.7 Å². The summed E-state index contributed by atoms with van der Waals surface area (Å²) < 4.78 is 28.3.